The van der Waals surface area contributed by atoms with Gasteiger partial charge in [-0.1, -0.05) is 164 Å². The zero-order chi connectivity index (χ0) is 33.8. The zero-order valence-electron chi connectivity index (χ0n) is 27.9. The van der Waals surface area contributed by atoms with Crippen molar-refractivity contribution in [3.05, 3.63) is 233 Å². The highest BCUT2D eigenvalue weighted by atomic mass is 15.2. The van der Waals surface area contributed by atoms with Crippen LogP contribution in [0.25, 0.3) is 22.5 Å². The molecule has 7 aromatic carbocycles. The van der Waals surface area contributed by atoms with Gasteiger partial charge >= 0.3 is 0 Å². The molecule has 0 atom stereocenters. The van der Waals surface area contributed by atoms with E-state index in [0.717, 1.165) is 56.4 Å². The second-order valence-electron chi connectivity index (χ2n) is 13.2. The molecule has 3 aliphatic rings. The van der Waals surface area contributed by atoms with Crippen LogP contribution in [0, 0.1) is 0 Å². The van der Waals surface area contributed by atoms with Gasteiger partial charge in [-0.05, 0) is 63.2 Å². The average molecular weight is 652 g/mol. The Morgan fingerprint density at radius 2 is 0.922 bits per heavy atom. The molecule has 240 valence electrons. The van der Waals surface area contributed by atoms with Crippen molar-refractivity contribution in [3.63, 3.8) is 0 Å². The van der Waals surface area contributed by atoms with E-state index < -0.39 is 5.41 Å². The number of anilines is 3. The maximum Gasteiger partial charge on any atom is 0.0790 e. The van der Waals surface area contributed by atoms with E-state index in [1.807, 2.05) is 6.20 Å². The summed E-state index contributed by atoms with van der Waals surface area (Å²) in [6, 6.07) is 67.5. The normalized spacial score (nSPS) is 15.1. The van der Waals surface area contributed by atoms with Gasteiger partial charge in [-0.25, -0.2) is 0 Å². The van der Waals surface area contributed by atoms with Crippen molar-refractivity contribution in [2.75, 3.05) is 4.90 Å². The number of hydrogen-bond acceptors (Lipinski definition) is 3. The maximum atomic E-state index is 5.43. The quantitative estimate of drug-likeness (QED) is 0.205. The number of nitrogens with one attached hydrogen (secondary N) is 1. The number of fused-ring (bicyclic) bond motifs is 9. The molecule has 0 unspecified atom stereocenters. The Labute approximate surface area is 298 Å². The molecule has 0 fully saturated rings. The summed E-state index contributed by atoms with van der Waals surface area (Å²) in [5.74, 6) is 0. The lowest BCUT2D eigenvalue weighted by molar-refractivity contribution is 0.754. The van der Waals surface area contributed by atoms with Gasteiger partial charge in [0.05, 0.1) is 40.1 Å². The molecular weight excluding hydrogens is 619 g/mol. The summed E-state index contributed by atoms with van der Waals surface area (Å²) in [6.45, 7) is 0. The lowest BCUT2D eigenvalue weighted by atomic mass is 9.64. The first-order valence-electron chi connectivity index (χ1n) is 17.5. The Kier molecular flexibility index (Phi) is 6.71. The number of allylic oxidation sites excluding steroid dienone is 1. The number of nitrogens with zero attached hydrogens (tertiary/aromatic N) is 2. The van der Waals surface area contributed by atoms with Gasteiger partial charge in [0.15, 0.2) is 0 Å². The van der Waals surface area contributed by atoms with Crippen molar-refractivity contribution in [3.8, 4) is 11.1 Å². The summed E-state index contributed by atoms with van der Waals surface area (Å²) >= 11 is 0. The van der Waals surface area contributed by atoms with Crippen LogP contribution in [0.4, 0.5) is 17.1 Å². The third-order valence-corrected chi connectivity index (χ3v) is 10.5. The van der Waals surface area contributed by atoms with E-state index in [4.69, 9.17) is 4.99 Å². The van der Waals surface area contributed by atoms with Gasteiger partial charge in [-0.15, -0.1) is 0 Å². The van der Waals surface area contributed by atoms with Crippen LogP contribution in [0.15, 0.2) is 205 Å². The summed E-state index contributed by atoms with van der Waals surface area (Å²) in [6.07, 6.45) is 2.02. The highest BCUT2D eigenvalue weighted by Crippen LogP contribution is 2.62. The molecule has 0 aromatic heterocycles. The van der Waals surface area contributed by atoms with E-state index in [2.05, 4.69) is 198 Å². The highest BCUT2D eigenvalue weighted by molar-refractivity contribution is 6.26. The second kappa shape index (κ2) is 11.7. The summed E-state index contributed by atoms with van der Waals surface area (Å²) < 4.78 is 0. The molecule has 0 amide bonds. The molecule has 1 aliphatic carbocycles. The van der Waals surface area contributed by atoms with Crippen LogP contribution in [0.1, 0.15) is 33.4 Å². The van der Waals surface area contributed by atoms with Crippen LogP contribution >= 0.6 is 0 Å². The number of aliphatic imine (C=N–C) groups is 1. The SMILES string of the molecule is C1=C(c2ccc(-c3ccccc3)cc2)NC(c2ccccc2)=C2C(=N1)c1ccccc1C21c2ccccc2N(c2ccccc2)c2ccccc21. The standard InChI is InChI=1S/C48H33N3/c1-4-16-33(17-5-1)34-28-30-35(31-29-34)42-32-49-47-38-22-10-11-23-39(38)48(45(47)46(50-42)36-18-6-2-7-19-36)40-24-12-14-26-43(40)51(37-20-8-3-9-21-37)44-27-15-13-25-41(44)48/h1-32,50H. The van der Waals surface area contributed by atoms with Crippen LogP contribution in [0.2, 0.25) is 0 Å². The monoisotopic (exact) mass is 651 g/mol. The minimum Gasteiger partial charge on any atom is -0.353 e. The van der Waals surface area contributed by atoms with Gasteiger partial charge < -0.3 is 10.2 Å². The number of para-hydroxylation sites is 3. The van der Waals surface area contributed by atoms with E-state index in [9.17, 15) is 0 Å². The lowest BCUT2D eigenvalue weighted by Gasteiger charge is -2.45. The number of benzene rings is 7. The van der Waals surface area contributed by atoms with Crippen molar-refractivity contribution >= 4 is 34.2 Å². The molecule has 0 bridgehead atoms. The fourth-order valence-electron chi connectivity index (χ4n) is 8.36. The van der Waals surface area contributed by atoms with Crippen molar-refractivity contribution < 1.29 is 0 Å². The predicted octanol–water partition coefficient (Wildman–Crippen LogP) is 11.3. The minimum atomic E-state index is -0.646. The van der Waals surface area contributed by atoms with Crippen LogP contribution in [0.3, 0.4) is 0 Å². The summed E-state index contributed by atoms with van der Waals surface area (Å²) in [5, 5.41) is 4.00. The van der Waals surface area contributed by atoms with Crippen LogP contribution < -0.4 is 10.2 Å². The molecule has 10 rings (SSSR count). The molecule has 0 saturated carbocycles. The Morgan fingerprint density at radius 3 is 1.57 bits per heavy atom. The van der Waals surface area contributed by atoms with Crippen LogP contribution in [-0.4, -0.2) is 5.71 Å². The number of hydrogen-bond donors (Lipinski definition) is 1. The first-order chi connectivity index (χ1) is 25.3. The Morgan fingerprint density at radius 1 is 0.431 bits per heavy atom. The third-order valence-electron chi connectivity index (χ3n) is 10.5. The minimum absolute atomic E-state index is 0.646. The average Bonchev–Trinajstić information content (AvgIpc) is 3.34. The molecular formula is C48H33N3. The van der Waals surface area contributed by atoms with Crippen molar-refractivity contribution in [1.82, 2.24) is 5.32 Å². The smallest absolute Gasteiger partial charge is 0.0790 e. The highest BCUT2D eigenvalue weighted by Gasteiger charge is 2.55. The molecule has 1 spiro atoms. The van der Waals surface area contributed by atoms with Crippen molar-refractivity contribution in [2.24, 2.45) is 4.99 Å². The maximum absolute atomic E-state index is 5.43. The summed E-state index contributed by atoms with van der Waals surface area (Å²) in [5.41, 5.74) is 16.4. The van der Waals surface area contributed by atoms with Gasteiger partial charge in [0.1, 0.15) is 0 Å². The van der Waals surface area contributed by atoms with E-state index in [0.29, 0.717) is 0 Å². The largest absolute Gasteiger partial charge is 0.353 e. The molecule has 0 saturated heterocycles. The second-order valence-corrected chi connectivity index (χ2v) is 13.2. The van der Waals surface area contributed by atoms with Crippen molar-refractivity contribution in [2.45, 2.75) is 5.41 Å². The molecule has 3 nitrogen and oxygen atoms in total. The summed E-state index contributed by atoms with van der Waals surface area (Å²) in [4.78, 5) is 7.85. The zero-order valence-corrected chi connectivity index (χ0v) is 27.9. The first kappa shape index (κ1) is 29.2. The Bertz CT molecular complexity index is 2480. The Balaban J connectivity index is 1.26. The van der Waals surface area contributed by atoms with Gasteiger partial charge in [-0.2, -0.15) is 0 Å². The Hall–Kier alpha value is -6.71. The molecule has 2 heterocycles. The van der Waals surface area contributed by atoms with Gasteiger partial charge in [0.2, 0.25) is 0 Å². The summed E-state index contributed by atoms with van der Waals surface area (Å²) in [7, 11) is 0. The van der Waals surface area contributed by atoms with Gasteiger partial charge in [0, 0.05) is 16.8 Å². The van der Waals surface area contributed by atoms with E-state index in [-0.39, 0.29) is 0 Å². The van der Waals surface area contributed by atoms with Crippen molar-refractivity contribution in [1.29, 1.82) is 0 Å². The first-order valence-corrected chi connectivity index (χ1v) is 17.5. The molecule has 0 radical (unpaired) electrons. The molecule has 2 aliphatic heterocycles. The number of rotatable bonds is 4. The molecule has 3 heteroatoms. The lowest BCUT2D eigenvalue weighted by Crippen LogP contribution is -2.38. The van der Waals surface area contributed by atoms with Gasteiger partial charge in [0.25, 0.3) is 0 Å². The molecule has 51 heavy (non-hydrogen) atoms. The van der Waals surface area contributed by atoms with Crippen LogP contribution in [-0.2, 0) is 5.41 Å². The topological polar surface area (TPSA) is 27.6 Å². The van der Waals surface area contributed by atoms with E-state index in [1.165, 1.54) is 27.8 Å². The van der Waals surface area contributed by atoms with Gasteiger partial charge in [-0.3, -0.25) is 4.99 Å². The van der Waals surface area contributed by atoms with E-state index >= 15 is 0 Å². The fraction of sp³-hybridized carbons (Fsp3) is 0.0208. The predicted molar refractivity (Wildman–Crippen MR) is 210 cm³/mol. The molecule has 7 aromatic rings. The molecule has 1 N–H and O–H groups in total. The fourth-order valence-corrected chi connectivity index (χ4v) is 8.36. The third kappa shape index (κ3) is 4.42. The van der Waals surface area contributed by atoms with Crippen LogP contribution in [0.5, 0.6) is 0 Å². The van der Waals surface area contributed by atoms with E-state index in [1.54, 1.807) is 0 Å².